The van der Waals surface area contributed by atoms with Gasteiger partial charge in [-0.1, -0.05) is 44.9 Å². The molecule has 104 valence electrons. The van der Waals surface area contributed by atoms with Crippen LogP contribution in [0.1, 0.15) is 45.1 Å². The van der Waals surface area contributed by atoms with Crippen LogP contribution in [0.5, 0.6) is 0 Å². The Labute approximate surface area is 115 Å². The average molecular weight is 260 g/mol. The number of para-hydroxylation sites is 1. The van der Waals surface area contributed by atoms with Crippen molar-refractivity contribution in [2.45, 2.75) is 52.0 Å². The van der Waals surface area contributed by atoms with Crippen molar-refractivity contribution in [1.82, 2.24) is 5.32 Å². The van der Waals surface area contributed by atoms with Gasteiger partial charge in [-0.05, 0) is 36.8 Å². The van der Waals surface area contributed by atoms with Gasteiger partial charge in [0.05, 0.1) is 0 Å². The molecular weight excluding hydrogens is 236 g/mol. The van der Waals surface area contributed by atoms with Crippen molar-refractivity contribution in [3.63, 3.8) is 0 Å². The Morgan fingerprint density at radius 2 is 2.11 bits per heavy atom. The fourth-order valence-electron chi connectivity index (χ4n) is 2.86. The Morgan fingerprint density at radius 3 is 2.84 bits per heavy atom. The first-order chi connectivity index (χ1) is 9.19. The molecule has 2 amide bonds. The molecule has 1 aromatic carbocycles. The van der Waals surface area contributed by atoms with Crippen LogP contribution in [0.15, 0.2) is 24.3 Å². The second-order valence-electron chi connectivity index (χ2n) is 5.58. The topological polar surface area (TPSA) is 41.1 Å². The van der Waals surface area contributed by atoms with Gasteiger partial charge in [0.1, 0.15) is 0 Å². The predicted octanol–water partition coefficient (Wildman–Crippen LogP) is 3.95. The summed E-state index contributed by atoms with van der Waals surface area (Å²) in [5, 5.41) is 6.07. The number of urea groups is 1. The van der Waals surface area contributed by atoms with Gasteiger partial charge in [-0.3, -0.25) is 0 Å². The SMILES string of the molecule is CCc1ccccc1NC(=O)N[C@H]1CCC[C@H](C)C1. The van der Waals surface area contributed by atoms with Gasteiger partial charge in [0.25, 0.3) is 0 Å². The van der Waals surface area contributed by atoms with Crippen molar-refractivity contribution >= 4 is 11.7 Å². The van der Waals surface area contributed by atoms with E-state index < -0.39 is 0 Å². The number of benzene rings is 1. The standard InChI is InChI=1S/C16H24N2O/c1-3-13-8-4-5-10-15(13)18-16(19)17-14-9-6-7-12(2)11-14/h4-5,8,10,12,14H,3,6-7,9,11H2,1-2H3,(H2,17,18,19)/t12-,14-/m0/s1. The zero-order valence-electron chi connectivity index (χ0n) is 11.9. The molecule has 0 aliphatic heterocycles. The van der Waals surface area contributed by atoms with E-state index in [1.54, 1.807) is 0 Å². The van der Waals surface area contributed by atoms with Gasteiger partial charge in [0.15, 0.2) is 0 Å². The Morgan fingerprint density at radius 1 is 1.32 bits per heavy atom. The molecule has 1 aliphatic carbocycles. The highest BCUT2D eigenvalue weighted by atomic mass is 16.2. The number of carbonyl (C=O) groups excluding carboxylic acids is 1. The Bertz CT molecular complexity index is 431. The zero-order chi connectivity index (χ0) is 13.7. The molecule has 0 unspecified atom stereocenters. The normalized spacial score (nSPS) is 22.8. The van der Waals surface area contributed by atoms with Crippen molar-refractivity contribution < 1.29 is 4.79 Å². The highest BCUT2D eigenvalue weighted by molar-refractivity contribution is 5.90. The Kier molecular flexibility index (Phi) is 4.83. The maximum atomic E-state index is 12.0. The van der Waals surface area contributed by atoms with E-state index >= 15 is 0 Å². The van der Waals surface area contributed by atoms with E-state index in [0.717, 1.165) is 30.9 Å². The number of hydrogen-bond donors (Lipinski definition) is 2. The molecule has 0 radical (unpaired) electrons. The minimum Gasteiger partial charge on any atom is -0.335 e. The van der Waals surface area contributed by atoms with E-state index in [1.165, 1.54) is 18.4 Å². The van der Waals surface area contributed by atoms with Gasteiger partial charge >= 0.3 is 6.03 Å². The van der Waals surface area contributed by atoms with Crippen LogP contribution >= 0.6 is 0 Å². The molecule has 3 heteroatoms. The molecule has 1 aromatic rings. The van der Waals surface area contributed by atoms with Crippen LogP contribution in [0.4, 0.5) is 10.5 Å². The third kappa shape index (κ3) is 3.98. The Hall–Kier alpha value is -1.51. The van der Waals surface area contributed by atoms with Gasteiger partial charge in [-0.2, -0.15) is 0 Å². The monoisotopic (exact) mass is 260 g/mol. The van der Waals surface area contributed by atoms with E-state index in [0.29, 0.717) is 6.04 Å². The van der Waals surface area contributed by atoms with Crippen LogP contribution in [-0.2, 0) is 6.42 Å². The summed E-state index contributed by atoms with van der Waals surface area (Å²) in [6.07, 6.45) is 5.64. The quantitative estimate of drug-likeness (QED) is 0.849. The average Bonchev–Trinajstić information content (AvgIpc) is 2.39. The minimum atomic E-state index is -0.0694. The van der Waals surface area contributed by atoms with Crippen molar-refractivity contribution in [1.29, 1.82) is 0 Å². The number of rotatable bonds is 3. The molecule has 1 fully saturated rings. The number of aryl methyl sites for hydroxylation is 1. The summed E-state index contributed by atoms with van der Waals surface area (Å²) in [7, 11) is 0. The third-order valence-electron chi connectivity index (χ3n) is 3.92. The van der Waals surface area contributed by atoms with Crippen LogP contribution in [-0.4, -0.2) is 12.1 Å². The lowest BCUT2D eigenvalue weighted by molar-refractivity contribution is 0.238. The smallest absolute Gasteiger partial charge is 0.319 e. The summed E-state index contributed by atoms with van der Waals surface area (Å²) in [4.78, 5) is 12.0. The molecule has 2 rings (SSSR count). The predicted molar refractivity (Wildman–Crippen MR) is 79.4 cm³/mol. The molecule has 0 heterocycles. The fraction of sp³-hybridized carbons (Fsp3) is 0.562. The number of hydrogen-bond acceptors (Lipinski definition) is 1. The summed E-state index contributed by atoms with van der Waals surface area (Å²) < 4.78 is 0. The van der Waals surface area contributed by atoms with Crippen molar-refractivity contribution in [2.24, 2.45) is 5.92 Å². The molecule has 3 nitrogen and oxygen atoms in total. The van der Waals surface area contributed by atoms with Crippen LogP contribution in [0, 0.1) is 5.92 Å². The number of nitrogens with one attached hydrogen (secondary N) is 2. The van der Waals surface area contributed by atoms with E-state index in [1.807, 2.05) is 18.2 Å². The van der Waals surface area contributed by atoms with E-state index in [9.17, 15) is 4.79 Å². The first kappa shape index (κ1) is 13.9. The summed E-state index contributed by atoms with van der Waals surface area (Å²) in [6, 6.07) is 8.24. The highest BCUT2D eigenvalue weighted by Gasteiger charge is 2.20. The molecule has 0 spiro atoms. The Balaban J connectivity index is 1.90. The molecule has 19 heavy (non-hydrogen) atoms. The summed E-state index contributed by atoms with van der Waals surface area (Å²) in [5.41, 5.74) is 2.10. The minimum absolute atomic E-state index is 0.0694. The zero-order valence-corrected chi connectivity index (χ0v) is 11.9. The molecule has 1 aliphatic rings. The summed E-state index contributed by atoms with van der Waals surface area (Å²) >= 11 is 0. The second-order valence-corrected chi connectivity index (χ2v) is 5.58. The molecule has 0 bridgehead atoms. The van der Waals surface area contributed by atoms with Crippen molar-refractivity contribution in [3.05, 3.63) is 29.8 Å². The lowest BCUT2D eigenvalue weighted by Gasteiger charge is -2.27. The fourth-order valence-corrected chi connectivity index (χ4v) is 2.86. The summed E-state index contributed by atoms with van der Waals surface area (Å²) in [5.74, 6) is 0.724. The molecule has 0 aromatic heterocycles. The van der Waals surface area contributed by atoms with Gasteiger partial charge in [0, 0.05) is 11.7 Å². The second kappa shape index (κ2) is 6.60. The molecule has 2 atom stereocenters. The summed E-state index contributed by atoms with van der Waals surface area (Å²) in [6.45, 7) is 4.36. The van der Waals surface area contributed by atoms with E-state index in [-0.39, 0.29) is 6.03 Å². The third-order valence-corrected chi connectivity index (χ3v) is 3.92. The van der Waals surface area contributed by atoms with Gasteiger partial charge in [-0.25, -0.2) is 4.79 Å². The van der Waals surface area contributed by atoms with Gasteiger partial charge in [0.2, 0.25) is 0 Å². The molecule has 1 saturated carbocycles. The van der Waals surface area contributed by atoms with Gasteiger partial charge < -0.3 is 10.6 Å². The van der Waals surface area contributed by atoms with Crippen molar-refractivity contribution in [2.75, 3.05) is 5.32 Å². The number of amides is 2. The lowest BCUT2D eigenvalue weighted by Crippen LogP contribution is -2.40. The van der Waals surface area contributed by atoms with Crippen LogP contribution in [0.3, 0.4) is 0 Å². The number of carbonyl (C=O) groups is 1. The lowest BCUT2D eigenvalue weighted by atomic mass is 9.87. The largest absolute Gasteiger partial charge is 0.335 e. The molecular formula is C16H24N2O. The van der Waals surface area contributed by atoms with E-state index in [2.05, 4.69) is 30.5 Å². The number of anilines is 1. The maximum Gasteiger partial charge on any atom is 0.319 e. The van der Waals surface area contributed by atoms with Crippen LogP contribution < -0.4 is 10.6 Å². The molecule has 0 saturated heterocycles. The van der Waals surface area contributed by atoms with Gasteiger partial charge in [-0.15, -0.1) is 0 Å². The molecule has 2 N–H and O–H groups in total. The van der Waals surface area contributed by atoms with Crippen LogP contribution in [0.2, 0.25) is 0 Å². The van der Waals surface area contributed by atoms with Crippen LogP contribution in [0.25, 0.3) is 0 Å². The van der Waals surface area contributed by atoms with Crippen molar-refractivity contribution in [3.8, 4) is 0 Å². The van der Waals surface area contributed by atoms with E-state index in [4.69, 9.17) is 0 Å². The first-order valence-corrected chi connectivity index (χ1v) is 7.34. The first-order valence-electron chi connectivity index (χ1n) is 7.34. The maximum absolute atomic E-state index is 12.0. The highest BCUT2D eigenvalue weighted by Crippen LogP contribution is 2.23.